The van der Waals surface area contributed by atoms with Crippen molar-refractivity contribution < 1.29 is 118 Å². The number of carboxylic acids is 2. The van der Waals surface area contributed by atoms with Gasteiger partial charge in [0.15, 0.2) is 0 Å². The zero-order valence-electron chi connectivity index (χ0n) is 12.0. The summed E-state index contributed by atoms with van der Waals surface area (Å²) in [4.78, 5) is 33.5. The van der Waals surface area contributed by atoms with Crippen LogP contribution in [0.5, 0.6) is 0 Å². The van der Waals surface area contributed by atoms with E-state index in [1.54, 1.807) is 0 Å². The minimum absolute atomic E-state index is 0. The van der Waals surface area contributed by atoms with Crippen LogP contribution in [0.4, 0.5) is 0 Å². The average molecular weight is 319 g/mol. The SMILES string of the molecule is CN(C)CP(=O)([O-])CC(CC(=O)[O-])C(=O)[O-].[Na+].[Na+].[Na+]. The van der Waals surface area contributed by atoms with Gasteiger partial charge in [-0.15, -0.1) is 0 Å². The minimum Gasteiger partial charge on any atom is -0.798 e. The van der Waals surface area contributed by atoms with Gasteiger partial charge < -0.3 is 34.2 Å². The Bertz CT molecular complexity index is 328. The fourth-order valence-electron chi connectivity index (χ4n) is 1.25. The van der Waals surface area contributed by atoms with Crippen LogP contribution >= 0.6 is 7.37 Å². The second-order valence-electron chi connectivity index (χ2n) is 3.81. The Balaban J connectivity index is -0.000000375. The topological polar surface area (TPSA) is 124 Å². The molecular weight excluding hydrogens is 306 g/mol. The molecule has 0 rings (SSSR count). The molecule has 0 radical (unpaired) electrons. The maximum absolute atomic E-state index is 11.4. The molecule has 0 aromatic heterocycles. The Kier molecular flexibility index (Phi) is 21.1. The van der Waals surface area contributed by atoms with E-state index >= 15 is 0 Å². The molecular formula is C8H13NNa3O6P. The minimum atomic E-state index is -3.95. The summed E-state index contributed by atoms with van der Waals surface area (Å²) in [6, 6.07) is 0. The predicted molar refractivity (Wildman–Crippen MR) is 49.1 cm³/mol. The molecule has 11 heteroatoms. The first-order valence-corrected chi connectivity index (χ1v) is 6.48. The first kappa shape index (κ1) is 29.1. The number of carbonyl (C=O) groups excluding carboxylic acids is 2. The monoisotopic (exact) mass is 319 g/mol. The van der Waals surface area contributed by atoms with E-state index in [-0.39, 0.29) is 95.0 Å². The molecule has 7 nitrogen and oxygen atoms in total. The maximum Gasteiger partial charge on any atom is 1.00 e. The summed E-state index contributed by atoms with van der Waals surface area (Å²) in [7, 11) is -0.928. The van der Waals surface area contributed by atoms with Gasteiger partial charge >= 0.3 is 88.7 Å². The van der Waals surface area contributed by atoms with Gasteiger partial charge in [0.25, 0.3) is 0 Å². The summed E-state index contributed by atoms with van der Waals surface area (Å²) in [6.45, 7) is 0. The summed E-state index contributed by atoms with van der Waals surface area (Å²) in [5.74, 6) is -4.87. The molecule has 19 heavy (non-hydrogen) atoms. The third-order valence-corrected chi connectivity index (χ3v) is 3.74. The van der Waals surface area contributed by atoms with Crippen LogP contribution in [0.1, 0.15) is 6.42 Å². The van der Waals surface area contributed by atoms with Crippen molar-refractivity contribution in [2.45, 2.75) is 6.42 Å². The fraction of sp³-hybridized carbons (Fsp3) is 0.750. The zero-order valence-corrected chi connectivity index (χ0v) is 18.9. The van der Waals surface area contributed by atoms with E-state index in [9.17, 15) is 29.3 Å². The molecule has 0 saturated carbocycles. The van der Waals surface area contributed by atoms with E-state index in [0.717, 1.165) is 0 Å². The number of hydrogen-bond acceptors (Lipinski definition) is 7. The number of aliphatic carboxylic acids is 2. The van der Waals surface area contributed by atoms with Crippen molar-refractivity contribution in [2.75, 3.05) is 26.5 Å². The van der Waals surface area contributed by atoms with Gasteiger partial charge in [-0.25, -0.2) is 0 Å². The Morgan fingerprint density at radius 3 is 1.84 bits per heavy atom. The molecule has 0 heterocycles. The van der Waals surface area contributed by atoms with Crippen molar-refractivity contribution in [3.63, 3.8) is 0 Å². The van der Waals surface area contributed by atoms with Gasteiger partial charge in [0.2, 0.25) is 0 Å². The molecule has 0 aromatic rings. The third kappa shape index (κ3) is 16.3. The van der Waals surface area contributed by atoms with Gasteiger partial charge in [-0.3, -0.25) is 0 Å². The molecule has 0 bridgehead atoms. The molecule has 0 saturated heterocycles. The van der Waals surface area contributed by atoms with Crippen LogP contribution in [0.25, 0.3) is 0 Å². The van der Waals surface area contributed by atoms with E-state index in [4.69, 9.17) is 0 Å². The van der Waals surface area contributed by atoms with Crippen molar-refractivity contribution in [3.05, 3.63) is 0 Å². The largest absolute Gasteiger partial charge is 1.00 e. The third-order valence-electron chi connectivity index (χ3n) is 1.74. The van der Waals surface area contributed by atoms with E-state index in [1.165, 1.54) is 19.0 Å². The number of carbonyl (C=O) groups is 2. The van der Waals surface area contributed by atoms with Crippen molar-refractivity contribution >= 4 is 19.3 Å². The summed E-state index contributed by atoms with van der Waals surface area (Å²) < 4.78 is 11.4. The van der Waals surface area contributed by atoms with Gasteiger partial charge in [-0.1, -0.05) is 0 Å². The molecule has 0 aliphatic heterocycles. The Hall–Kier alpha value is 2.09. The predicted octanol–water partition coefficient (Wildman–Crippen LogP) is -12.3. The zero-order chi connectivity index (χ0) is 12.9. The van der Waals surface area contributed by atoms with E-state index in [1.807, 2.05) is 0 Å². The molecule has 2 atom stereocenters. The standard InChI is InChI=1S/C8H16NO6P.3Na/c1-9(2)5-16(14,15)4-6(8(12)13)3-7(10)11;;;/h6H,3-5H2,1-2H3,(H,10,11)(H,12,13)(H,14,15);;;/q;3*+1/p-3. The van der Waals surface area contributed by atoms with Crippen LogP contribution in [0.15, 0.2) is 0 Å². The number of hydrogen-bond donors (Lipinski definition) is 0. The Labute approximate surface area is 178 Å². The van der Waals surface area contributed by atoms with Crippen molar-refractivity contribution in [3.8, 4) is 0 Å². The molecule has 94 valence electrons. The van der Waals surface area contributed by atoms with E-state index in [0.29, 0.717) is 0 Å². The smallest absolute Gasteiger partial charge is 0.798 e. The molecule has 0 fully saturated rings. The molecule has 0 aliphatic rings. The van der Waals surface area contributed by atoms with Crippen LogP contribution in [-0.4, -0.2) is 43.4 Å². The molecule has 0 aromatic carbocycles. The second-order valence-corrected chi connectivity index (χ2v) is 6.09. The van der Waals surface area contributed by atoms with Crippen LogP contribution in [0.3, 0.4) is 0 Å². The van der Waals surface area contributed by atoms with Gasteiger partial charge in [0.1, 0.15) is 0 Å². The first-order valence-electron chi connectivity index (χ1n) is 4.48. The normalized spacial score (nSPS) is 14.1. The number of rotatable bonds is 7. The molecule has 0 aliphatic carbocycles. The summed E-state index contributed by atoms with van der Waals surface area (Å²) in [5, 5.41) is 20.7. The van der Waals surface area contributed by atoms with Crippen LogP contribution in [0.2, 0.25) is 0 Å². The fourth-order valence-corrected chi connectivity index (χ4v) is 3.18. The Morgan fingerprint density at radius 1 is 1.16 bits per heavy atom. The summed E-state index contributed by atoms with van der Waals surface area (Å²) in [5.41, 5.74) is 0. The number of nitrogens with zero attached hydrogens (tertiary/aromatic N) is 1. The van der Waals surface area contributed by atoms with E-state index in [2.05, 4.69) is 0 Å². The van der Waals surface area contributed by atoms with Crippen LogP contribution in [0, 0.1) is 5.92 Å². The van der Waals surface area contributed by atoms with Crippen molar-refractivity contribution in [1.29, 1.82) is 0 Å². The van der Waals surface area contributed by atoms with Gasteiger partial charge in [0, 0.05) is 31.5 Å². The van der Waals surface area contributed by atoms with Gasteiger partial charge in [-0.2, -0.15) is 0 Å². The van der Waals surface area contributed by atoms with Crippen LogP contribution < -0.4 is 104 Å². The molecule has 2 unspecified atom stereocenters. The first-order chi connectivity index (χ1) is 7.14. The summed E-state index contributed by atoms with van der Waals surface area (Å²) >= 11 is 0. The average Bonchev–Trinajstić information content (AvgIpc) is 1.98. The van der Waals surface area contributed by atoms with Crippen LogP contribution in [-0.2, 0) is 14.2 Å². The second kappa shape index (κ2) is 13.7. The maximum atomic E-state index is 11.4. The van der Waals surface area contributed by atoms with Gasteiger partial charge in [0.05, 0.1) is 0 Å². The molecule has 0 amide bonds. The van der Waals surface area contributed by atoms with E-state index < -0.39 is 37.8 Å². The molecule has 0 spiro atoms. The Morgan fingerprint density at radius 2 is 1.58 bits per heavy atom. The van der Waals surface area contributed by atoms with Crippen molar-refractivity contribution in [1.82, 2.24) is 4.90 Å². The molecule has 0 N–H and O–H groups in total. The summed E-state index contributed by atoms with van der Waals surface area (Å²) in [6.07, 6.45) is -1.91. The van der Waals surface area contributed by atoms with Gasteiger partial charge in [-0.05, 0) is 26.7 Å². The van der Waals surface area contributed by atoms with Crippen molar-refractivity contribution in [2.24, 2.45) is 5.92 Å². The quantitative estimate of drug-likeness (QED) is 0.337. The number of carboxylic acid groups (broad SMARTS) is 2.